The van der Waals surface area contributed by atoms with Crippen LogP contribution in [-0.2, 0) is 28.7 Å². The second-order valence-electron chi connectivity index (χ2n) is 7.88. The molecule has 4 rings (SSSR count). The minimum absolute atomic E-state index is 0.0198. The van der Waals surface area contributed by atoms with Crippen molar-refractivity contribution in [2.24, 2.45) is 5.73 Å². The molecule has 1 unspecified atom stereocenters. The Bertz CT molecular complexity index is 1230. The minimum atomic E-state index is -1.48. The van der Waals surface area contributed by atoms with E-state index in [1.807, 2.05) is 36.4 Å². The van der Waals surface area contributed by atoms with Crippen LogP contribution in [0, 0.1) is 0 Å². The number of methoxy groups -OCH3 is 1. The van der Waals surface area contributed by atoms with Gasteiger partial charge in [-0.15, -0.1) is 0 Å². The molecule has 0 spiro atoms. The monoisotopic (exact) mass is 497 g/mol. The van der Waals surface area contributed by atoms with Gasteiger partial charge in [0.05, 0.1) is 46.8 Å². The summed E-state index contributed by atoms with van der Waals surface area (Å²) in [4.78, 5) is 28.0. The van der Waals surface area contributed by atoms with Crippen LogP contribution in [0.4, 0.5) is 5.69 Å². The number of hydrogen-bond acceptors (Lipinski definition) is 5. The fraction of sp³-hybridized carbons (Fsp3) is 0.200. The smallest absolute Gasteiger partial charge is 0.251 e. The Morgan fingerprint density at radius 2 is 1.79 bits per heavy atom. The standard InChI is InChI=1S/C25H24ClN3O4S/c1-33-20-9-4-16(5-10-20)13-28-24(30)18-6-11-23-22(12-18)29(25(31)21(27)15-34(23)32)14-17-2-7-19(26)8-3-17/h2-12,21H,13-15,27H2,1H3,(H,28,30)/t21-,34?/m0/s1. The number of hydrogen-bond donors (Lipinski definition) is 2. The van der Waals surface area contributed by atoms with Crippen LogP contribution in [0.25, 0.3) is 0 Å². The first-order valence-electron chi connectivity index (χ1n) is 10.6. The third kappa shape index (κ3) is 5.30. The molecule has 2 atom stereocenters. The quantitative estimate of drug-likeness (QED) is 0.544. The Kier molecular flexibility index (Phi) is 7.31. The zero-order valence-electron chi connectivity index (χ0n) is 18.5. The molecule has 9 heteroatoms. The fourth-order valence-corrected chi connectivity index (χ4v) is 5.06. The average Bonchev–Trinajstić information content (AvgIpc) is 2.94. The fourth-order valence-electron chi connectivity index (χ4n) is 3.67. The third-order valence-corrected chi connectivity index (χ3v) is 7.29. The van der Waals surface area contributed by atoms with Crippen molar-refractivity contribution in [1.29, 1.82) is 0 Å². The van der Waals surface area contributed by atoms with Gasteiger partial charge in [0.1, 0.15) is 5.75 Å². The van der Waals surface area contributed by atoms with Gasteiger partial charge in [-0.1, -0.05) is 35.9 Å². The van der Waals surface area contributed by atoms with Crippen molar-refractivity contribution >= 4 is 39.9 Å². The Hall–Kier alpha value is -3.20. The SMILES string of the molecule is COc1ccc(CNC(=O)c2ccc3c(c2)N(Cc2ccc(Cl)cc2)C(=O)[C@@H](N)CS3=O)cc1. The molecule has 2 amide bonds. The van der Waals surface area contributed by atoms with Crippen LogP contribution in [0.15, 0.2) is 71.6 Å². The van der Waals surface area contributed by atoms with Gasteiger partial charge >= 0.3 is 0 Å². The molecule has 0 radical (unpaired) electrons. The highest BCUT2D eigenvalue weighted by Gasteiger charge is 2.32. The van der Waals surface area contributed by atoms with Crippen LogP contribution in [0.5, 0.6) is 5.75 Å². The molecule has 0 saturated carbocycles. The van der Waals surface area contributed by atoms with Crippen LogP contribution in [0.1, 0.15) is 21.5 Å². The van der Waals surface area contributed by atoms with E-state index in [0.717, 1.165) is 16.9 Å². The predicted molar refractivity (Wildman–Crippen MR) is 132 cm³/mol. The topological polar surface area (TPSA) is 102 Å². The molecule has 3 aromatic carbocycles. The third-order valence-electron chi connectivity index (χ3n) is 5.54. The number of anilines is 1. The number of rotatable bonds is 6. The van der Waals surface area contributed by atoms with Crippen LogP contribution in [0.3, 0.4) is 0 Å². The number of fused-ring (bicyclic) bond motifs is 1. The van der Waals surface area contributed by atoms with Crippen molar-refractivity contribution in [2.45, 2.75) is 24.0 Å². The van der Waals surface area contributed by atoms with Gasteiger partial charge in [0.2, 0.25) is 5.91 Å². The highest BCUT2D eigenvalue weighted by atomic mass is 35.5. The summed E-state index contributed by atoms with van der Waals surface area (Å²) in [7, 11) is 0.117. The van der Waals surface area contributed by atoms with Gasteiger partial charge in [-0.2, -0.15) is 0 Å². The lowest BCUT2D eigenvalue weighted by molar-refractivity contribution is -0.119. The molecule has 0 aromatic heterocycles. The summed E-state index contributed by atoms with van der Waals surface area (Å²) in [6.07, 6.45) is 0. The van der Waals surface area contributed by atoms with Crippen molar-refractivity contribution < 1.29 is 18.5 Å². The molecule has 0 aliphatic carbocycles. The number of carbonyl (C=O) groups excluding carboxylic acids is 2. The summed E-state index contributed by atoms with van der Waals surface area (Å²) >= 11 is 5.99. The molecule has 0 saturated heterocycles. The van der Waals surface area contributed by atoms with Crippen LogP contribution >= 0.6 is 11.6 Å². The number of benzene rings is 3. The number of nitrogens with two attached hydrogens (primary N) is 1. The van der Waals surface area contributed by atoms with Gasteiger partial charge in [-0.05, 0) is 53.6 Å². The Balaban J connectivity index is 1.61. The predicted octanol–water partition coefficient (Wildman–Crippen LogP) is 3.26. The van der Waals surface area contributed by atoms with Crippen LogP contribution < -0.4 is 20.7 Å². The maximum Gasteiger partial charge on any atom is 0.251 e. The molecular formula is C25H24ClN3O4S. The van der Waals surface area contributed by atoms with E-state index in [1.54, 1.807) is 37.4 Å². The van der Waals surface area contributed by atoms with E-state index in [1.165, 1.54) is 4.90 Å². The Morgan fingerprint density at radius 1 is 1.12 bits per heavy atom. The number of nitrogens with zero attached hydrogens (tertiary/aromatic N) is 1. The number of amides is 2. The first-order chi connectivity index (χ1) is 16.4. The summed E-state index contributed by atoms with van der Waals surface area (Å²) in [6, 6.07) is 18.4. The van der Waals surface area contributed by atoms with Gasteiger partial charge in [0, 0.05) is 17.1 Å². The van der Waals surface area contributed by atoms with Crippen molar-refractivity contribution in [3.05, 3.63) is 88.4 Å². The van der Waals surface area contributed by atoms with Crippen molar-refractivity contribution in [2.75, 3.05) is 17.8 Å². The number of nitrogens with one attached hydrogen (secondary N) is 1. The molecule has 3 aromatic rings. The maximum absolute atomic E-state index is 13.1. The number of carbonyl (C=O) groups is 2. The number of ether oxygens (including phenoxy) is 1. The highest BCUT2D eigenvalue weighted by Crippen LogP contribution is 2.31. The lowest BCUT2D eigenvalue weighted by atomic mass is 10.1. The Morgan fingerprint density at radius 3 is 2.47 bits per heavy atom. The summed E-state index contributed by atoms with van der Waals surface area (Å²) in [5, 5.41) is 3.46. The molecule has 1 aliphatic heterocycles. The van der Waals surface area contributed by atoms with Crippen LogP contribution in [0.2, 0.25) is 5.02 Å². The minimum Gasteiger partial charge on any atom is -0.497 e. The zero-order valence-corrected chi connectivity index (χ0v) is 20.1. The number of halogens is 1. The zero-order chi connectivity index (χ0) is 24.2. The van der Waals surface area contributed by atoms with Crippen molar-refractivity contribution in [3.63, 3.8) is 0 Å². The molecule has 0 bridgehead atoms. The van der Waals surface area contributed by atoms with E-state index in [0.29, 0.717) is 27.7 Å². The van der Waals surface area contributed by atoms with Crippen LogP contribution in [-0.4, -0.2) is 34.9 Å². The molecular weight excluding hydrogens is 474 g/mol. The van der Waals surface area contributed by atoms with Gasteiger partial charge in [0.25, 0.3) is 5.91 Å². The lowest BCUT2D eigenvalue weighted by Gasteiger charge is -2.25. The average molecular weight is 498 g/mol. The van der Waals surface area contributed by atoms with Crippen molar-refractivity contribution in [1.82, 2.24) is 5.32 Å². The summed E-state index contributed by atoms with van der Waals surface area (Å²) in [5.41, 5.74) is 8.57. The van der Waals surface area contributed by atoms with E-state index in [9.17, 15) is 13.8 Å². The molecule has 3 N–H and O–H groups in total. The lowest BCUT2D eigenvalue weighted by Crippen LogP contribution is -2.44. The molecule has 0 fully saturated rings. The first kappa shape index (κ1) is 23.9. The molecule has 34 heavy (non-hydrogen) atoms. The van der Waals surface area contributed by atoms with E-state index in [2.05, 4.69) is 5.32 Å². The summed E-state index contributed by atoms with van der Waals surface area (Å²) in [6.45, 7) is 0.537. The van der Waals surface area contributed by atoms with Gasteiger partial charge in [-0.3, -0.25) is 13.8 Å². The summed E-state index contributed by atoms with van der Waals surface area (Å²) in [5.74, 6) is 0.0959. The Labute approximate surface area is 205 Å². The van der Waals surface area contributed by atoms with Crippen molar-refractivity contribution in [3.8, 4) is 5.75 Å². The van der Waals surface area contributed by atoms with Gasteiger partial charge in [-0.25, -0.2) is 0 Å². The molecule has 176 valence electrons. The second kappa shape index (κ2) is 10.4. The largest absolute Gasteiger partial charge is 0.497 e. The van der Waals surface area contributed by atoms with E-state index >= 15 is 0 Å². The summed E-state index contributed by atoms with van der Waals surface area (Å²) < 4.78 is 18.0. The normalized spacial score (nSPS) is 17.6. The maximum atomic E-state index is 13.1. The van der Waals surface area contributed by atoms with Gasteiger partial charge in [0.15, 0.2) is 0 Å². The van der Waals surface area contributed by atoms with E-state index in [-0.39, 0.29) is 24.1 Å². The molecule has 7 nitrogen and oxygen atoms in total. The second-order valence-corrected chi connectivity index (χ2v) is 9.78. The molecule has 1 heterocycles. The van der Waals surface area contributed by atoms with E-state index in [4.69, 9.17) is 22.1 Å². The molecule has 1 aliphatic rings. The van der Waals surface area contributed by atoms with E-state index < -0.39 is 16.8 Å². The highest BCUT2D eigenvalue weighted by molar-refractivity contribution is 7.85. The first-order valence-corrected chi connectivity index (χ1v) is 12.3. The van der Waals surface area contributed by atoms with Gasteiger partial charge < -0.3 is 20.7 Å².